The third-order valence-corrected chi connectivity index (χ3v) is 7.05. The van der Waals surface area contributed by atoms with E-state index in [-0.39, 0.29) is 36.9 Å². The van der Waals surface area contributed by atoms with Gasteiger partial charge in [0, 0.05) is 18.1 Å². The van der Waals surface area contributed by atoms with Crippen LogP contribution in [-0.2, 0) is 20.9 Å². The summed E-state index contributed by atoms with van der Waals surface area (Å²) in [4.78, 5) is 41.0. The van der Waals surface area contributed by atoms with Gasteiger partial charge < -0.3 is 15.3 Å². The van der Waals surface area contributed by atoms with E-state index < -0.39 is 5.41 Å². The van der Waals surface area contributed by atoms with Crippen molar-refractivity contribution < 1.29 is 19.5 Å². The first kappa shape index (κ1) is 22.2. The first-order valence-electron chi connectivity index (χ1n) is 10.9. The molecule has 0 unspecified atom stereocenters. The second-order valence-electron chi connectivity index (χ2n) is 8.69. The highest BCUT2D eigenvalue weighted by atomic mass is 16.3. The lowest BCUT2D eigenvalue weighted by Gasteiger charge is -2.36. The number of carbonyl (C=O) groups excluding carboxylic acids is 2. The summed E-state index contributed by atoms with van der Waals surface area (Å²) in [6.45, 7) is 5.77. The first-order chi connectivity index (χ1) is 14.4. The number of hydrogen-bond acceptors (Lipinski definition) is 5. The van der Waals surface area contributed by atoms with Crippen LogP contribution in [0.1, 0.15) is 69.9 Å². The summed E-state index contributed by atoms with van der Waals surface area (Å²) < 4.78 is 1.68. The Balaban J connectivity index is 0.000000806. The molecule has 166 valence electrons. The Kier molecular flexibility index (Phi) is 6.77. The predicted octanol–water partition coefficient (Wildman–Crippen LogP) is 1.81. The second-order valence-corrected chi connectivity index (χ2v) is 8.69. The third kappa shape index (κ3) is 4.06. The molecule has 3 aliphatic rings. The number of rotatable bonds is 5. The fourth-order valence-electron chi connectivity index (χ4n) is 5.66. The maximum Gasteiger partial charge on any atom is 0.290 e. The summed E-state index contributed by atoms with van der Waals surface area (Å²) in [5, 5.41) is 14.5. The molecule has 9 nitrogen and oxygen atoms in total. The molecule has 3 atom stereocenters. The number of hydrogen-bond donors (Lipinski definition) is 2. The van der Waals surface area contributed by atoms with Crippen molar-refractivity contribution >= 4 is 18.3 Å². The van der Waals surface area contributed by atoms with Gasteiger partial charge in [-0.1, -0.05) is 19.8 Å². The molecule has 1 aliphatic carbocycles. The van der Waals surface area contributed by atoms with E-state index in [4.69, 9.17) is 9.90 Å². The third-order valence-electron chi connectivity index (χ3n) is 7.05. The molecule has 2 N–H and O–H groups in total. The van der Waals surface area contributed by atoms with Gasteiger partial charge in [-0.05, 0) is 52.4 Å². The Hall–Kier alpha value is -2.45. The Morgan fingerprint density at radius 2 is 1.90 bits per heavy atom. The highest BCUT2D eigenvalue weighted by Gasteiger charge is 2.60. The molecule has 3 fully saturated rings. The van der Waals surface area contributed by atoms with Gasteiger partial charge in [0.1, 0.15) is 18.2 Å². The van der Waals surface area contributed by atoms with Gasteiger partial charge in [-0.25, -0.2) is 9.67 Å². The van der Waals surface area contributed by atoms with Crippen LogP contribution in [0.2, 0.25) is 0 Å². The zero-order valence-electron chi connectivity index (χ0n) is 18.1. The number of aromatic nitrogens is 3. The van der Waals surface area contributed by atoms with Crippen LogP contribution in [0.3, 0.4) is 0 Å². The Bertz CT molecular complexity index is 788. The van der Waals surface area contributed by atoms with Crippen LogP contribution in [0, 0.1) is 19.3 Å². The maximum atomic E-state index is 13.3. The molecular weight excluding hydrogens is 386 g/mol. The normalized spacial score (nSPS) is 27.6. The molecule has 2 saturated heterocycles. The molecule has 0 aromatic carbocycles. The lowest BCUT2D eigenvalue weighted by atomic mass is 9.71. The summed E-state index contributed by atoms with van der Waals surface area (Å²) in [6, 6.07) is 0.526. The summed E-state index contributed by atoms with van der Waals surface area (Å²) >= 11 is 0. The minimum Gasteiger partial charge on any atom is -0.483 e. The van der Waals surface area contributed by atoms with Crippen molar-refractivity contribution in [1.29, 1.82) is 0 Å². The SMILES string of the molecule is CC[C@]1(C(=O)NC2CCCC2)C[C@H]2CC[C@@H]1N2C(=O)Cn1nc(C)nc1C.O=CO. The lowest BCUT2D eigenvalue weighted by molar-refractivity contribution is -0.137. The number of amides is 2. The van der Waals surface area contributed by atoms with Gasteiger partial charge in [-0.2, -0.15) is 5.10 Å². The molecule has 1 aromatic heterocycles. The minimum absolute atomic E-state index is 0.0197. The molecule has 1 aromatic rings. The maximum absolute atomic E-state index is 13.3. The van der Waals surface area contributed by atoms with Crippen LogP contribution in [0.4, 0.5) is 0 Å². The lowest BCUT2D eigenvalue weighted by Crippen LogP contribution is -2.51. The molecule has 0 radical (unpaired) electrons. The number of carboxylic acid groups (broad SMARTS) is 1. The van der Waals surface area contributed by atoms with E-state index in [1.165, 1.54) is 12.8 Å². The van der Waals surface area contributed by atoms with Gasteiger partial charge >= 0.3 is 0 Å². The van der Waals surface area contributed by atoms with Gasteiger partial charge in [0.15, 0.2) is 0 Å². The van der Waals surface area contributed by atoms with Crippen LogP contribution < -0.4 is 5.32 Å². The van der Waals surface area contributed by atoms with Crippen LogP contribution >= 0.6 is 0 Å². The summed E-state index contributed by atoms with van der Waals surface area (Å²) in [6.07, 6.45) is 8.11. The summed E-state index contributed by atoms with van der Waals surface area (Å²) in [5.41, 5.74) is -0.422. The van der Waals surface area contributed by atoms with Crippen molar-refractivity contribution in [2.75, 3.05) is 0 Å². The quantitative estimate of drug-likeness (QED) is 0.703. The molecular formula is C21H33N5O4. The van der Waals surface area contributed by atoms with Crippen LogP contribution in [0.15, 0.2) is 0 Å². The average molecular weight is 420 g/mol. The van der Waals surface area contributed by atoms with Gasteiger partial charge in [-0.15, -0.1) is 0 Å². The van der Waals surface area contributed by atoms with E-state index in [0.29, 0.717) is 11.9 Å². The molecule has 2 bridgehead atoms. The number of carbonyl (C=O) groups is 3. The fourth-order valence-corrected chi connectivity index (χ4v) is 5.66. The predicted molar refractivity (Wildman–Crippen MR) is 110 cm³/mol. The van der Waals surface area contributed by atoms with Crippen molar-refractivity contribution in [2.45, 2.75) is 96.8 Å². The Morgan fingerprint density at radius 3 is 2.47 bits per heavy atom. The van der Waals surface area contributed by atoms with E-state index in [1.807, 2.05) is 18.7 Å². The average Bonchev–Trinajstić information content (AvgIpc) is 3.47. The number of nitrogens with zero attached hydrogens (tertiary/aromatic N) is 4. The fraction of sp³-hybridized carbons (Fsp3) is 0.762. The number of aryl methyl sites for hydroxylation is 2. The van der Waals surface area contributed by atoms with Gasteiger partial charge in [-0.3, -0.25) is 14.4 Å². The zero-order valence-corrected chi connectivity index (χ0v) is 18.1. The molecule has 30 heavy (non-hydrogen) atoms. The Labute approximate surface area is 177 Å². The highest BCUT2D eigenvalue weighted by Crippen LogP contribution is 2.52. The smallest absolute Gasteiger partial charge is 0.290 e. The molecule has 1 saturated carbocycles. The number of nitrogens with one attached hydrogen (secondary N) is 1. The van der Waals surface area contributed by atoms with Crippen molar-refractivity contribution in [3.8, 4) is 0 Å². The van der Waals surface area contributed by atoms with E-state index in [9.17, 15) is 9.59 Å². The molecule has 9 heteroatoms. The standard InChI is InChI=1S/C20H31N5O2.CH2O2/c1-4-20(19(27)22-15-7-5-6-8-15)11-16-9-10-17(20)25(16)18(26)12-24-14(3)21-13(2)23-24;2-1-3/h15-17H,4-12H2,1-3H3,(H,22,27);1H,(H,2,3)/t16-,17+,20+;/m1./s1. The van der Waals surface area contributed by atoms with Gasteiger partial charge in [0.25, 0.3) is 6.47 Å². The number of fused-ring (bicyclic) bond motifs is 2. The van der Waals surface area contributed by atoms with E-state index in [2.05, 4.69) is 22.3 Å². The van der Waals surface area contributed by atoms with Crippen LogP contribution in [0.5, 0.6) is 0 Å². The van der Waals surface area contributed by atoms with E-state index >= 15 is 0 Å². The highest BCUT2D eigenvalue weighted by molar-refractivity contribution is 5.87. The molecule has 2 amide bonds. The second kappa shape index (κ2) is 9.14. The monoisotopic (exact) mass is 419 g/mol. The van der Waals surface area contributed by atoms with Crippen molar-refractivity contribution in [1.82, 2.24) is 25.0 Å². The van der Waals surface area contributed by atoms with Gasteiger partial charge in [0.05, 0.1) is 5.41 Å². The summed E-state index contributed by atoms with van der Waals surface area (Å²) in [5.74, 6) is 1.69. The molecule has 0 spiro atoms. The molecule has 2 aliphatic heterocycles. The molecule has 4 rings (SSSR count). The van der Waals surface area contributed by atoms with Gasteiger partial charge in [0.2, 0.25) is 11.8 Å². The first-order valence-corrected chi connectivity index (χ1v) is 10.9. The summed E-state index contributed by atoms with van der Waals surface area (Å²) in [7, 11) is 0. The van der Waals surface area contributed by atoms with Crippen LogP contribution in [-0.4, -0.2) is 61.2 Å². The van der Waals surface area contributed by atoms with Crippen LogP contribution in [0.25, 0.3) is 0 Å². The molecule has 3 heterocycles. The zero-order chi connectivity index (χ0) is 21.9. The van der Waals surface area contributed by atoms with Crippen molar-refractivity contribution in [3.05, 3.63) is 11.6 Å². The van der Waals surface area contributed by atoms with E-state index in [1.54, 1.807) is 4.68 Å². The topological polar surface area (TPSA) is 117 Å². The Morgan fingerprint density at radius 1 is 1.23 bits per heavy atom. The minimum atomic E-state index is -0.422. The van der Waals surface area contributed by atoms with Crippen molar-refractivity contribution in [2.24, 2.45) is 5.41 Å². The van der Waals surface area contributed by atoms with Crippen molar-refractivity contribution in [3.63, 3.8) is 0 Å². The van der Waals surface area contributed by atoms with E-state index in [0.717, 1.165) is 44.3 Å². The largest absolute Gasteiger partial charge is 0.483 e.